The van der Waals surface area contributed by atoms with Crippen LogP contribution in [0.5, 0.6) is 11.5 Å². The molecule has 1 rings (SSSR count). The van der Waals surface area contributed by atoms with Crippen LogP contribution in [0.15, 0.2) is 24.3 Å². The number of para-hydroxylation sites is 2. The van der Waals surface area contributed by atoms with E-state index in [1.54, 1.807) is 18.2 Å². The molecule has 29 heteroatoms. The Kier molecular flexibility index (Phi) is 22.8. The van der Waals surface area contributed by atoms with Crippen LogP contribution >= 0.6 is 0 Å². The van der Waals surface area contributed by atoms with Crippen LogP contribution in [0, 0.1) is 0 Å². The van der Waals surface area contributed by atoms with Crippen molar-refractivity contribution in [2.75, 3.05) is 7.11 Å². The standard InChI is InChI=1S/C7H8O29/c1-9-6-4-2-3-5-7(6)10-12-14-16-18-20-22-24-26-28-30-32-34-36-35-33-31-29-27-25-23-21-19-17-15-13-11-8/h2-5,8H,1H3. The van der Waals surface area contributed by atoms with E-state index in [4.69, 9.17) is 9.99 Å². The summed E-state index contributed by atoms with van der Waals surface area (Å²) in [6.07, 6.45) is 0. The Hall–Kier alpha value is -2.26. The Morgan fingerprint density at radius 2 is 0.667 bits per heavy atom. The van der Waals surface area contributed by atoms with Gasteiger partial charge in [-0.2, -0.15) is 0 Å². The van der Waals surface area contributed by atoms with Crippen LogP contribution in [0.1, 0.15) is 0 Å². The van der Waals surface area contributed by atoms with Crippen molar-refractivity contribution in [3.05, 3.63) is 24.3 Å². The maximum absolute atomic E-state index is 7.56. The Balaban J connectivity index is 1.68. The van der Waals surface area contributed by atoms with Crippen molar-refractivity contribution in [1.29, 1.82) is 0 Å². The lowest BCUT2D eigenvalue weighted by molar-refractivity contribution is -0.903. The number of hydrogen-bond acceptors (Lipinski definition) is 29. The minimum absolute atomic E-state index is 0.141. The summed E-state index contributed by atoms with van der Waals surface area (Å²) in [6, 6.07) is 6.35. The van der Waals surface area contributed by atoms with Gasteiger partial charge in [0.25, 0.3) is 0 Å². The van der Waals surface area contributed by atoms with Crippen LogP contribution in [0.4, 0.5) is 0 Å². The Morgan fingerprint density at radius 3 is 0.972 bits per heavy atom. The molecular formula is C7H8O29. The molecule has 1 aromatic rings. The van der Waals surface area contributed by atoms with E-state index in [1.165, 1.54) is 13.2 Å². The molecule has 0 aliphatic carbocycles. The van der Waals surface area contributed by atoms with Crippen LogP contribution in [-0.2, 0) is 131 Å². The maximum Gasteiger partial charge on any atom is 0.210 e. The summed E-state index contributed by atoms with van der Waals surface area (Å²) in [6.45, 7) is 0. The minimum Gasteiger partial charge on any atom is -0.493 e. The first-order valence-electron chi connectivity index (χ1n) is 7.16. The summed E-state index contributed by atoms with van der Waals surface area (Å²) in [5, 5.41) is 99.5. The molecule has 0 fully saturated rings. The molecule has 0 heterocycles. The highest BCUT2D eigenvalue weighted by molar-refractivity contribution is 5.38. The molecule has 0 bridgehead atoms. The first-order chi connectivity index (χ1) is 17.9. The number of benzene rings is 1. The molecule has 1 N–H and O–H groups in total. The van der Waals surface area contributed by atoms with Crippen LogP contribution in [0.2, 0.25) is 0 Å². The van der Waals surface area contributed by atoms with Gasteiger partial charge in [0.1, 0.15) is 0 Å². The molecule has 36 heavy (non-hydrogen) atoms. The predicted molar refractivity (Wildman–Crippen MR) is 64.5 cm³/mol. The zero-order valence-corrected chi connectivity index (χ0v) is 16.2. The summed E-state index contributed by atoms with van der Waals surface area (Å²) in [4.78, 5) is 4.63. The molecule has 210 valence electrons. The minimum atomic E-state index is 0.141. The number of methoxy groups -OCH3 is 1. The van der Waals surface area contributed by atoms with Gasteiger partial charge in [0.05, 0.1) is 7.11 Å². The maximum atomic E-state index is 7.56. The van der Waals surface area contributed by atoms with E-state index in [0.717, 1.165) is 0 Å². The molecule has 0 saturated carbocycles. The van der Waals surface area contributed by atoms with E-state index in [2.05, 4.69) is 136 Å². The zero-order chi connectivity index (χ0) is 25.8. The fraction of sp³-hybridized carbons (Fsp3) is 0.143. The van der Waals surface area contributed by atoms with Crippen molar-refractivity contribution in [1.82, 2.24) is 0 Å². The van der Waals surface area contributed by atoms with Crippen molar-refractivity contribution >= 4 is 0 Å². The van der Waals surface area contributed by atoms with Crippen molar-refractivity contribution in [3.63, 3.8) is 0 Å². The van der Waals surface area contributed by atoms with Crippen LogP contribution < -0.4 is 9.62 Å². The lowest BCUT2D eigenvalue weighted by Gasteiger charge is -2.05. The third-order valence-electron chi connectivity index (χ3n) is 1.89. The van der Waals surface area contributed by atoms with Crippen LogP contribution in [-0.4, -0.2) is 12.4 Å². The Labute approximate surface area is 190 Å². The SMILES string of the molecule is COc1ccccc1OOOOOOOOOOOOOOOOOOOOOOOOOOOO. The fourth-order valence-corrected chi connectivity index (χ4v) is 1.01. The monoisotopic (exact) mass is 556 g/mol. The van der Waals surface area contributed by atoms with Gasteiger partial charge in [-0.3, -0.25) is 0 Å². The average molecular weight is 556 g/mol. The smallest absolute Gasteiger partial charge is 0.210 e. The van der Waals surface area contributed by atoms with Crippen molar-refractivity contribution in [2.24, 2.45) is 0 Å². The molecule has 1 aromatic carbocycles. The van der Waals surface area contributed by atoms with Gasteiger partial charge in [-0.25, -0.2) is 5.26 Å². The molecule has 0 aliphatic rings. The summed E-state index contributed by atoms with van der Waals surface area (Å²) >= 11 is 0. The Bertz CT molecular complexity index is 570. The first kappa shape index (κ1) is 31.8. The second-order valence-corrected chi connectivity index (χ2v) is 3.51. The molecule has 0 atom stereocenters. The number of hydrogen-bond donors (Lipinski definition) is 1. The zero-order valence-electron chi connectivity index (χ0n) is 16.2. The lowest BCUT2D eigenvalue weighted by Crippen LogP contribution is -2.06. The van der Waals surface area contributed by atoms with Crippen LogP contribution in [0.3, 0.4) is 0 Å². The highest BCUT2D eigenvalue weighted by atomic mass is 18.0. The quantitative estimate of drug-likeness (QED) is 0.0792. The third-order valence-corrected chi connectivity index (χ3v) is 1.89. The molecule has 0 spiro atoms. The highest BCUT2D eigenvalue weighted by Gasteiger charge is 2.05. The molecular weight excluding hydrogens is 548 g/mol. The number of rotatable bonds is 28. The van der Waals surface area contributed by atoms with Gasteiger partial charge in [0, 0.05) is 90.7 Å². The summed E-state index contributed by atoms with van der Waals surface area (Å²) in [5.74, 6) is 0.467. The normalized spacial score (nSPS) is 11.2. The third kappa shape index (κ3) is 20.0. The van der Waals surface area contributed by atoms with Gasteiger partial charge in [-0.05, 0) is 52.4 Å². The largest absolute Gasteiger partial charge is 0.493 e. The second kappa shape index (κ2) is 25.8. The topological polar surface area (TPSA) is 279 Å². The van der Waals surface area contributed by atoms with Crippen molar-refractivity contribution < 1.29 is 146 Å². The average Bonchev–Trinajstić information content (AvgIpc) is 2.91. The number of ether oxygens (including phenoxy) is 1. The van der Waals surface area contributed by atoms with E-state index in [-0.39, 0.29) is 5.75 Å². The summed E-state index contributed by atoms with van der Waals surface area (Å²) in [5.41, 5.74) is 0. The van der Waals surface area contributed by atoms with Gasteiger partial charge in [0.2, 0.25) is 5.75 Å². The van der Waals surface area contributed by atoms with Gasteiger partial charge in [0.15, 0.2) is 5.75 Å². The van der Waals surface area contributed by atoms with Crippen molar-refractivity contribution in [2.45, 2.75) is 0 Å². The van der Waals surface area contributed by atoms with Crippen molar-refractivity contribution in [3.8, 4) is 11.5 Å². The molecule has 0 saturated heterocycles. The Morgan fingerprint density at radius 1 is 0.389 bits per heavy atom. The molecule has 0 amide bonds. The fourth-order valence-electron chi connectivity index (χ4n) is 1.01. The van der Waals surface area contributed by atoms with E-state index in [1.807, 2.05) is 0 Å². The van der Waals surface area contributed by atoms with E-state index in [0.29, 0.717) is 5.75 Å². The lowest BCUT2D eigenvalue weighted by atomic mass is 10.3. The predicted octanol–water partition coefficient (Wildman–Crippen LogP) is -0.231. The molecule has 0 aliphatic heterocycles. The van der Waals surface area contributed by atoms with Gasteiger partial charge in [-0.15, -0.1) is 0 Å². The van der Waals surface area contributed by atoms with Gasteiger partial charge >= 0.3 is 0 Å². The van der Waals surface area contributed by atoms with Gasteiger partial charge < -0.3 is 9.62 Å². The summed E-state index contributed by atoms with van der Waals surface area (Å²) in [7, 11) is 1.39. The molecule has 0 unspecified atom stereocenters. The molecule has 0 radical (unpaired) electrons. The van der Waals surface area contributed by atoms with E-state index >= 15 is 0 Å². The first-order valence-corrected chi connectivity index (χ1v) is 7.16. The van der Waals surface area contributed by atoms with E-state index < -0.39 is 0 Å². The van der Waals surface area contributed by atoms with Gasteiger partial charge in [-0.1, -0.05) is 12.1 Å². The molecule has 29 nitrogen and oxygen atoms in total. The highest BCUT2D eigenvalue weighted by Crippen LogP contribution is 2.25. The second-order valence-electron chi connectivity index (χ2n) is 3.51. The van der Waals surface area contributed by atoms with Crippen LogP contribution in [0.25, 0.3) is 0 Å². The summed E-state index contributed by atoms with van der Waals surface area (Å²) < 4.78 is 4.95. The van der Waals surface area contributed by atoms with E-state index in [9.17, 15) is 0 Å². The molecule has 0 aromatic heterocycles.